The van der Waals surface area contributed by atoms with Gasteiger partial charge in [-0.3, -0.25) is 0 Å². The number of rotatable bonds is 5. The average Bonchev–Trinajstić information content (AvgIpc) is 3.04. The second-order valence-electron chi connectivity index (χ2n) is 17.9. The third-order valence-electron chi connectivity index (χ3n) is 15.2. The van der Waals surface area contributed by atoms with Crippen molar-refractivity contribution in [1.29, 1.82) is 0 Å². The van der Waals surface area contributed by atoms with Crippen molar-refractivity contribution in [3.05, 3.63) is 119 Å². The first-order chi connectivity index (χ1) is 23.1. The van der Waals surface area contributed by atoms with E-state index >= 15 is 0 Å². The molecule has 12 rings (SSSR count). The molecule has 4 aromatic carbocycles. The van der Waals surface area contributed by atoms with Crippen LogP contribution < -0.4 is 0 Å². The predicted octanol–water partition coefficient (Wildman–Crippen LogP) is 9.53. The lowest BCUT2D eigenvalue weighted by Crippen LogP contribution is -2.71. The van der Waals surface area contributed by atoms with E-state index in [1.54, 1.807) is 0 Å². The highest BCUT2D eigenvalue weighted by Gasteiger charge is 2.75. The van der Waals surface area contributed by atoms with Crippen molar-refractivity contribution in [2.45, 2.75) is 98.7 Å². The number of aromatic hydroxyl groups is 4. The van der Waals surface area contributed by atoms with Crippen molar-refractivity contribution in [2.24, 2.45) is 22.7 Å². The molecule has 0 radical (unpaired) electrons. The zero-order valence-corrected chi connectivity index (χ0v) is 27.7. The minimum absolute atomic E-state index is 0.0622. The molecule has 4 heteroatoms. The van der Waals surface area contributed by atoms with E-state index in [0.29, 0.717) is 23.0 Å². The molecule has 4 aromatic rings. The second kappa shape index (κ2) is 9.40. The maximum absolute atomic E-state index is 10.4. The van der Waals surface area contributed by atoms with Gasteiger partial charge in [-0.25, -0.2) is 0 Å². The molecule has 2 atom stereocenters. The lowest BCUT2D eigenvalue weighted by Gasteiger charge is -2.78. The topological polar surface area (TPSA) is 80.9 Å². The van der Waals surface area contributed by atoms with E-state index < -0.39 is 0 Å². The van der Waals surface area contributed by atoms with Crippen LogP contribution in [-0.2, 0) is 21.7 Å². The van der Waals surface area contributed by atoms with Crippen molar-refractivity contribution >= 4 is 0 Å². The van der Waals surface area contributed by atoms with Gasteiger partial charge in [-0.2, -0.15) is 0 Å². The average molecular weight is 639 g/mol. The standard InChI is InChI=1S/C44H46O4/c45-35-9-1-31(2-10-35)39-18-29-17-30(19-39)21-43(20-29,25-39)44-26-40(32-3-11-36(46)12-4-32)22-41(27-44,33-5-13-37(47)14-6-33)24-42(23-40,28-44)34-7-15-38(48)16-8-34/h1-16,29-30,45-48H,17-28H2. The highest BCUT2D eigenvalue weighted by Crippen LogP contribution is 2.83. The SMILES string of the molecule is Oc1ccc(C23CC4CC(C2)CC(C25CC6(c7ccc(O)cc7)CC(c7ccc(O)cc7)(CC(c7ccc(O)cc7)(C6)C2)C5)(C4)C3)cc1. The van der Waals surface area contributed by atoms with Crippen molar-refractivity contribution in [3.8, 4) is 23.0 Å². The summed E-state index contributed by atoms with van der Waals surface area (Å²) in [4.78, 5) is 0. The van der Waals surface area contributed by atoms with Gasteiger partial charge in [0.25, 0.3) is 0 Å². The smallest absolute Gasteiger partial charge is 0.115 e. The molecule has 2 unspecified atom stereocenters. The van der Waals surface area contributed by atoms with Crippen LogP contribution in [0.1, 0.15) is 99.3 Å². The molecular weight excluding hydrogens is 592 g/mol. The lowest BCUT2D eigenvalue weighted by atomic mass is 9.26. The summed E-state index contributed by atoms with van der Waals surface area (Å²) < 4.78 is 0. The first kappa shape index (κ1) is 29.0. The van der Waals surface area contributed by atoms with Gasteiger partial charge < -0.3 is 20.4 Å². The molecule has 8 saturated carbocycles. The number of phenols is 4. The van der Waals surface area contributed by atoms with Gasteiger partial charge in [0.05, 0.1) is 0 Å². The van der Waals surface area contributed by atoms with E-state index in [1.165, 1.54) is 80.0 Å². The Labute approximate surface area is 283 Å². The molecule has 8 aliphatic rings. The Bertz CT molecular complexity index is 1720. The fourth-order valence-corrected chi connectivity index (χ4v) is 14.6. The van der Waals surface area contributed by atoms with Gasteiger partial charge in [0.1, 0.15) is 23.0 Å². The second-order valence-corrected chi connectivity index (χ2v) is 17.9. The van der Waals surface area contributed by atoms with Gasteiger partial charge in [-0.1, -0.05) is 48.5 Å². The summed E-state index contributed by atoms with van der Waals surface area (Å²) in [7, 11) is 0. The van der Waals surface area contributed by atoms with Crippen LogP contribution in [0.2, 0.25) is 0 Å². The number of hydrogen-bond donors (Lipinski definition) is 4. The number of hydrogen-bond acceptors (Lipinski definition) is 4. The Balaban J connectivity index is 1.21. The fourth-order valence-electron chi connectivity index (χ4n) is 14.6. The van der Waals surface area contributed by atoms with Crippen LogP contribution in [0, 0.1) is 22.7 Å². The molecule has 8 fully saturated rings. The number of benzene rings is 4. The largest absolute Gasteiger partial charge is 0.508 e. The Kier molecular flexibility index (Phi) is 5.69. The maximum Gasteiger partial charge on any atom is 0.115 e. The first-order valence-corrected chi connectivity index (χ1v) is 18.2. The van der Waals surface area contributed by atoms with Crippen LogP contribution in [-0.4, -0.2) is 20.4 Å². The molecule has 8 aliphatic carbocycles. The molecule has 0 spiro atoms. The molecule has 4 nitrogen and oxygen atoms in total. The van der Waals surface area contributed by atoms with E-state index in [2.05, 4.69) is 48.5 Å². The quantitative estimate of drug-likeness (QED) is 0.176. The van der Waals surface area contributed by atoms with Crippen LogP contribution in [0.4, 0.5) is 0 Å². The predicted molar refractivity (Wildman–Crippen MR) is 186 cm³/mol. The third-order valence-corrected chi connectivity index (χ3v) is 15.2. The van der Waals surface area contributed by atoms with Crippen LogP contribution in [0.3, 0.4) is 0 Å². The minimum atomic E-state index is -0.0622. The zero-order valence-electron chi connectivity index (χ0n) is 27.7. The van der Waals surface area contributed by atoms with Gasteiger partial charge in [0, 0.05) is 0 Å². The molecule has 0 aliphatic heterocycles. The highest BCUT2D eigenvalue weighted by atomic mass is 16.3. The zero-order chi connectivity index (χ0) is 32.6. The monoisotopic (exact) mass is 638 g/mol. The molecule has 0 saturated heterocycles. The number of phenolic OH excluding ortho intramolecular Hbond substituents is 4. The summed E-state index contributed by atoms with van der Waals surface area (Å²) in [6, 6.07) is 32.9. The molecule has 8 bridgehead atoms. The minimum Gasteiger partial charge on any atom is -0.508 e. The normalized spacial score (nSPS) is 40.3. The summed E-state index contributed by atoms with van der Waals surface area (Å²) in [5, 5.41) is 41.6. The molecule has 4 N–H and O–H groups in total. The summed E-state index contributed by atoms with van der Waals surface area (Å²) in [6.07, 6.45) is 14.5. The Hall–Kier alpha value is -3.92. The van der Waals surface area contributed by atoms with E-state index in [0.717, 1.165) is 31.1 Å². The van der Waals surface area contributed by atoms with Gasteiger partial charge in [0.2, 0.25) is 0 Å². The van der Waals surface area contributed by atoms with Crippen LogP contribution in [0.25, 0.3) is 0 Å². The molecule has 0 amide bonds. The van der Waals surface area contributed by atoms with E-state index in [4.69, 9.17) is 0 Å². The molecule has 246 valence electrons. The van der Waals surface area contributed by atoms with Crippen LogP contribution in [0.5, 0.6) is 23.0 Å². The third kappa shape index (κ3) is 3.89. The van der Waals surface area contributed by atoms with Gasteiger partial charge in [-0.15, -0.1) is 0 Å². The van der Waals surface area contributed by atoms with E-state index in [9.17, 15) is 20.4 Å². The molecular formula is C44H46O4. The summed E-state index contributed by atoms with van der Waals surface area (Å²) >= 11 is 0. The highest BCUT2D eigenvalue weighted by molar-refractivity contribution is 5.49. The summed E-state index contributed by atoms with van der Waals surface area (Å²) in [5.41, 5.74) is 5.78. The first-order valence-electron chi connectivity index (χ1n) is 18.2. The Morgan fingerprint density at radius 2 is 0.625 bits per heavy atom. The molecule has 48 heavy (non-hydrogen) atoms. The van der Waals surface area contributed by atoms with Crippen LogP contribution >= 0.6 is 0 Å². The van der Waals surface area contributed by atoms with E-state index in [1.807, 2.05) is 48.5 Å². The van der Waals surface area contributed by atoms with Gasteiger partial charge in [-0.05, 0) is 192 Å². The molecule has 0 heterocycles. The van der Waals surface area contributed by atoms with E-state index in [-0.39, 0.29) is 32.5 Å². The Morgan fingerprint density at radius 1 is 0.333 bits per heavy atom. The van der Waals surface area contributed by atoms with Crippen molar-refractivity contribution in [1.82, 2.24) is 0 Å². The summed E-state index contributed by atoms with van der Waals surface area (Å²) in [5.74, 6) is 2.76. The van der Waals surface area contributed by atoms with Crippen molar-refractivity contribution in [3.63, 3.8) is 0 Å². The lowest BCUT2D eigenvalue weighted by molar-refractivity contribution is -0.225. The van der Waals surface area contributed by atoms with Crippen molar-refractivity contribution < 1.29 is 20.4 Å². The van der Waals surface area contributed by atoms with Crippen molar-refractivity contribution in [2.75, 3.05) is 0 Å². The van der Waals surface area contributed by atoms with Gasteiger partial charge in [0.15, 0.2) is 0 Å². The van der Waals surface area contributed by atoms with Gasteiger partial charge >= 0.3 is 0 Å². The Morgan fingerprint density at radius 3 is 0.958 bits per heavy atom. The van der Waals surface area contributed by atoms with Crippen LogP contribution in [0.15, 0.2) is 97.1 Å². The molecule has 0 aromatic heterocycles. The maximum atomic E-state index is 10.4. The summed E-state index contributed by atoms with van der Waals surface area (Å²) in [6.45, 7) is 0. The fraction of sp³-hybridized carbons (Fsp3) is 0.455.